The monoisotopic (exact) mass is 539 g/mol. The minimum absolute atomic E-state index is 0.00697. The summed E-state index contributed by atoms with van der Waals surface area (Å²) in [6.07, 6.45) is 3.74. The molecule has 214 valence electrons. The maximum Gasteiger partial charge on any atom is 0.408 e. The van der Waals surface area contributed by atoms with Gasteiger partial charge in [-0.25, -0.2) is 4.79 Å². The van der Waals surface area contributed by atoms with Crippen LogP contribution in [-0.2, 0) is 20.7 Å². The molecule has 0 heterocycles. The molecule has 0 fully saturated rings. The largest absolute Gasteiger partial charge is 0.508 e. The number of carbonyl (C=O) groups is 3. The third-order valence-electron chi connectivity index (χ3n) is 6.13. The van der Waals surface area contributed by atoms with E-state index in [4.69, 9.17) is 4.74 Å². The Labute approximate surface area is 233 Å². The quantitative estimate of drug-likeness (QED) is 0.275. The summed E-state index contributed by atoms with van der Waals surface area (Å²) < 4.78 is 5.47. The van der Waals surface area contributed by atoms with Crippen LogP contribution in [0.5, 0.6) is 5.75 Å². The summed E-state index contributed by atoms with van der Waals surface area (Å²) in [4.78, 5) is 42.3. The van der Waals surface area contributed by atoms with Crippen molar-refractivity contribution in [3.05, 3.63) is 65.7 Å². The van der Waals surface area contributed by atoms with E-state index < -0.39 is 23.8 Å². The summed E-state index contributed by atoms with van der Waals surface area (Å²) in [6, 6.07) is 13.9. The third-order valence-corrected chi connectivity index (χ3v) is 6.13. The molecular weight excluding hydrogens is 494 g/mol. The number of hydrogen-bond acceptors (Lipinski definition) is 5. The first-order chi connectivity index (χ1) is 18.6. The number of alkyl carbamates (subject to hydrolysis) is 1. The van der Waals surface area contributed by atoms with Gasteiger partial charge in [-0.3, -0.25) is 9.59 Å². The molecule has 0 bridgehead atoms. The molecule has 0 aromatic heterocycles. The number of phenols is 1. The molecule has 0 aliphatic rings. The molecule has 8 nitrogen and oxygen atoms in total. The lowest BCUT2D eigenvalue weighted by molar-refractivity contribution is -0.142. The molecule has 0 spiro atoms. The Balaban J connectivity index is 2.51. The second kappa shape index (κ2) is 15.8. The van der Waals surface area contributed by atoms with Gasteiger partial charge >= 0.3 is 6.09 Å². The molecule has 0 saturated heterocycles. The minimum atomic E-state index is -0.975. The SMILES string of the molecule is CCCCCN(C(=O)C(Cc1ccccc1)NC(=O)OC(C)(C)C)C(C(=O)NCCCC)c1cccc(O)c1. The lowest BCUT2D eigenvalue weighted by Crippen LogP contribution is -2.54. The molecule has 0 saturated carbocycles. The van der Waals surface area contributed by atoms with E-state index in [1.807, 2.05) is 37.3 Å². The zero-order valence-electron chi connectivity index (χ0n) is 24.0. The molecule has 3 amide bonds. The van der Waals surface area contributed by atoms with Crippen LogP contribution in [0.4, 0.5) is 4.79 Å². The number of aromatic hydroxyl groups is 1. The van der Waals surface area contributed by atoms with Gasteiger partial charge in [-0.1, -0.05) is 75.6 Å². The van der Waals surface area contributed by atoms with E-state index >= 15 is 0 Å². The van der Waals surface area contributed by atoms with Gasteiger partial charge in [0, 0.05) is 19.5 Å². The summed E-state index contributed by atoms with van der Waals surface area (Å²) in [7, 11) is 0. The summed E-state index contributed by atoms with van der Waals surface area (Å²) in [5, 5.41) is 15.9. The van der Waals surface area contributed by atoms with Crippen LogP contribution in [-0.4, -0.2) is 52.6 Å². The maximum absolute atomic E-state index is 14.3. The third kappa shape index (κ3) is 11.0. The van der Waals surface area contributed by atoms with Gasteiger partial charge in [0.05, 0.1) is 0 Å². The zero-order valence-corrected chi connectivity index (χ0v) is 24.0. The molecule has 2 aromatic carbocycles. The second-order valence-electron chi connectivity index (χ2n) is 10.8. The first kappa shape index (κ1) is 31.7. The summed E-state index contributed by atoms with van der Waals surface area (Å²) in [6.45, 7) is 10.2. The first-order valence-electron chi connectivity index (χ1n) is 14.0. The van der Waals surface area contributed by atoms with Crippen LogP contribution in [0.15, 0.2) is 54.6 Å². The maximum atomic E-state index is 14.3. The number of carbonyl (C=O) groups excluding carboxylic acids is 3. The number of rotatable bonds is 14. The number of amides is 3. The van der Waals surface area contributed by atoms with Crippen LogP contribution in [0.3, 0.4) is 0 Å². The van der Waals surface area contributed by atoms with Gasteiger partial charge in [0.15, 0.2) is 0 Å². The zero-order chi connectivity index (χ0) is 28.8. The van der Waals surface area contributed by atoms with Gasteiger partial charge in [0.1, 0.15) is 23.4 Å². The molecule has 2 rings (SSSR count). The van der Waals surface area contributed by atoms with E-state index in [2.05, 4.69) is 17.6 Å². The average molecular weight is 540 g/mol. The van der Waals surface area contributed by atoms with Crippen molar-refractivity contribution < 1.29 is 24.2 Å². The Morgan fingerprint density at radius 3 is 2.26 bits per heavy atom. The second-order valence-corrected chi connectivity index (χ2v) is 10.8. The van der Waals surface area contributed by atoms with Crippen LogP contribution in [0.25, 0.3) is 0 Å². The number of phenolic OH excluding ortho intramolecular Hbond substituents is 1. The Kier molecular flexibility index (Phi) is 12.8. The molecule has 2 atom stereocenters. The highest BCUT2D eigenvalue weighted by molar-refractivity contribution is 5.92. The molecule has 39 heavy (non-hydrogen) atoms. The number of benzene rings is 2. The van der Waals surface area contributed by atoms with Crippen molar-refractivity contribution in [1.82, 2.24) is 15.5 Å². The Bertz CT molecular complexity index is 1050. The van der Waals surface area contributed by atoms with E-state index in [0.717, 1.165) is 31.2 Å². The lowest BCUT2D eigenvalue weighted by atomic mass is 9.99. The molecule has 2 aromatic rings. The smallest absolute Gasteiger partial charge is 0.408 e. The van der Waals surface area contributed by atoms with Crippen molar-refractivity contribution in [2.45, 2.75) is 90.8 Å². The number of nitrogens with one attached hydrogen (secondary N) is 2. The molecule has 0 aliphatic carbocycles. The number of ether oxygens (including phenoxy) is 1. The summed E-state index contributed by atoms with van der Waals surface area (Å²) in [5.41, 5.74) is 0.625. The molecule has 0 radical (unpaired) electrons. The first-order valence-corrected chi connectivity index (χ1v) is 14.0. The van der Waals surface area contributed by atoms with Crippen molar-refractivity contribution in [2.24, 2.45) is 0 Å². The topological polar surface area (TPSA) is 108 Å². The standard InChI is InChI=1S/C31H45N3O5/c1-6-8-13-20-34(27(28(36)32-19-9-7-2)24-17-14-18-25(35)22-24)29(37)26(21-23-15-11-10-12-16-23)33-30(38)39-31(3,4)5/h10-12,14-18,22,26-27,35H,6-9,13,19-21H2,1-5H3,(H,32,36)(H,33,38). The van der Waals surface area contributed by atoms with E-state index in [9.17, 15) is 19.5 Å². The van der Waals surface area contributed by atoms with Gasteiger partial charge in [0.2, 0.25) is 11.8 Å². The summed E-state index contributed by atoms with van der Waals surface area (Å²) >= 11 is 0. The van der Waals surface area contributed by atoms with Crippen LogP contribution >= 0.6 is 0 Å². The molecule has 2 unspecified atom stereocenters. The van der Waals surface area contributed by atoms with Crippen molar-refractivity contribution >= 4 is 17.9 Å². The highest BCUT2D eigenvalue weighted by Gasteiger charge is 2.36. The van der Waals surface area contributed by atoms with Crippen molar-refractivity contribution in [2.75, 3.05) is 13.1 Å². The lowest BCUT2D eigenvalue weighted by Gasteiger charge is -2.34. The van der Waals surface area contributed by atoms with Crippen LogP contribution in [0.1, 0.15) is 83.9 Å². The predicted octanol–water partition coefficient (Wildman–Crippen LogP) is 5.50. The Hall–Kier alpha value is -3.55. The number of nitrogens with zero attached hydrogens (tertiary/aromatic N) is 1. The van der Waals surface area contributed by atoms with Gasteiger partial charge < -0.3 is 25.4 Å². The van der Waals surface area contributed by atoms with E-state index in [1.165, 1.54) is 17.0 Å². The van der Waals surface area contributed by atoms with Gasteiger partial charge in [-0.15, -0.1) is 0 Å². The average Bonchev–Trinajstić information content (AvgIpc) is 2.87. The highest BCUT2D eigenvalue weighted by atomic mass is 16.6. The predicted molar refractivity (Wildman–Crippen MR) is 153 cm³/mol. The van der Waals surface area contributed by atoms with Crippen LogP contribution in [0, 0.1) is 0 Å². The van der Waals surface area contributed by atoms with Gasteiger partial charge in [-0.05, 0) is 56.9 Å². The summed E-state index contributed by atoms with van der Waals surface area (Å²) in [5.74, 6) is -0.707. The number of unbranched alkanes of at least 4 members (excludes halogenated alkanes) is 3. The fraction of sp³-hybridized carbons (Fsp3) is 0.516. The van der Waals surface area contributed by atoms with Crippen LogP contribution < -0.4 is 10.6 Å². The molecule has 8 heteroatoms. The minimum Gasteiger partial charge on any atom is -0.508 e. The Morgan fingerprint density at radius 2 is 1.64 bits per heavy atom. The van der Waals surface area contributed by atoms with E-state index in [-0.39, 0.29) is 24.0 Å². The molecule has 3 N–H and O–H groups in total. The highest BCUT2D eigenvalue weighted by Crippen LogP contribution is 2.27. The van der Waals surface area contributed by atoms with Crippen LogP contribution in [0.2, 0.25) is 0 Å². The van der Waals surface area contributed by atoms with Gasteiger partial charge in [0.25, 0.3) is 0 Å². The van der Waals surface area contributed by atoms with Crippen molar-refractivity contribution in [1.29, 1.82) is 0 Å². The van der Waals surface area contributed by atoms with Gasteiger partial charge in [-0.2, -0.15) is 0 Å². The Morgan fingerprint density at radius 1 is 0.949 bits per heavy atom. The number of hydrogen-bond donors (Lipinski definition) is 3. The van der Waals surface area contributed by atoms with E-state index in [0.29, 0.717) is 25.1 Å². The fourth-order valence-corrected chi connectivity index (χ4v) is 4.25. The van der Waals surface area contributed by atoms with Crippen molar-refractivity contribution in [3.8, 4) is 5.75 Å². The normalized spacial score (nSPS) is 12.7. The molecular formula is C31H45N3O5. The fourth-order valence-electron chi connectivity index (χ4n) is 4.25. The molecule has 0 aliphatic heterocycles. The van der Waals surface area contributed by atoms with Crippen molar-refractivity contribution in [3.63, 3.8) is 0 Å². The van der Waals surface area contributed by atoms with E-state index in [1.54, 1.807) is 32.9 Å².